The molecule has 2 fully saturated rings. The molecular weight excluding hydrogens is 434 g/mol. The number of carbonyl (C=O) groups excluding carboxylic acids is 2. The van der Waals surface area contributed by atoms with Crippen molar-refractivity contribution in [2.75, 3.05) is 38.7 Å². The summed E-state index contributed by atoms with van der Waals surface area (Å²) in [4.78, 5) is 30.0. The molecule has 2 aromatic rings. The van der Waals surface area contributed by atoms with Gasteiger partial charge in [-0.3, -0.25) is 14.5 Å². The Morgan fingerprint density at radius 3 is 2.50 bits per heavy atom. The second-order valence-corrected chi connectivity index (χ2v) is 8.80. The molecule has 0 radical (unpaired) electrons. The molecule has 2 aromatic carbocycles. The average molecular weight is 468 g/mol. The molecule has 34 heavy (non-hydrogen) atoms. The lowest BCUT2D eigenvalue weighted by Gasteiger charge is -2.39. The normalized spacial score (nSPS) is 21.3. The molecule has 2 atom stereocenters. The Balaban J connectivity index is 1.35. The zero-order valence-electron chi connectivity index (χ0n) is 19.8. The molecule has 2 aliphatic heterocycles. The molecule has 2 amide bonds. The third-order valence-corrected chi connectivity index (χ3v) is 6.59. The van der Waals surface area contributed by atoms with Crippen LogP contribution in [0, 0.1) is 0 Å². The molecule has 8 nitrogen and oxygen atoms in total. The number of β-amino-alcohol motifs (C(OH)–C–C–N with tert-alkyl or cyclic N) is 1. The number of hydrogen-bond donors (Lipinski definition) is 2. The van der Waals surface area contributed by atoms with E-state index in [2.05, 4.69) is 10.2 Å². The Morgan fingerprint density at radius 1 is 1.09 bits per heavy atom. The number of aliphatic hydroxyl groups is 1. The first-order valence-electron chi connectivity index (χ1n) is 11.9. The van der Waals surface area contributed by atoms with Crippen molar-refractivity contribution in [3.63, 3.8) is 0 Å². The number of benzene rings is 2. The van der Waals surface area contributed by atoms with E-state index in [4.69, 9.17) is 9.47 Å². The van der Waals surface area contributed by atoms with Crippen LogP contribution in [0.5, 0.6) is 11.5 Å². The zero-order valence-corrected chi connectivity index (χ0v) is 19.8. The molecule has 2 saturated heterocycles. The van der Waals surface area contributed by atoms with Gasteiger partial charge in [0.2, 0.25) is 5.91 Å². The number of aliphatic hydroxyl groups excluding tert-OH is 1. The van der Waals surface area contributed by atoms with Crippen LogP contribution in [0.1, 0.15) is 36.5 Å². The van der Waals surface area contributed by atoms with E-state index in [1.54, 1.807) is 19.2 Å². The van der Waals surface area contributed by atoms with Gasteiger partial charge in [0, 0.05) is 36.9 Å². The molecule has 182 valence electrons. The number of nitrogens with zero attached hydrogens (tertiary/aromatic N) is 2. The van der Waals surface area contributed by atoms with Gasteiger partial charge in [-0.25, -0.2) is 0 Å². The molecule has 0 saturated carbocycles. The molecule has 8 heteroatoms. The highest BCUT2D eigenvalue weighted by atomic mass is 16.5. The van der Waals surface area contributed by atoms with Crippen LogP contribution in [0.4, 0.5) is 5.69 Å². The van der Waals surface area contributed by atoms with E-state index in [-0.39, 0.29) is 17.9 Å². The molecule has 0 aliphatic carbocycles. The minimum atomic E-state index is -0.535. The number of piperidine rings is 1. The predicted octanol–water partition coefficient (Wildman–Crippen LogP) is 2.77. The molecule has 4 rings (SSSR count). The summed E-state index contributed by atoms with van der Waals surface area (Å²) in [6.45, 7) is 4.20. The number of anilines is 1. The zero-order chi connectivity index (χ0) is 24.1. The van der Waals surface area contributed by atoms with Crippen LogP contribution in [-0.2, 0) is 4.79 Å². The van der Waals surface area contributed by atoms with Crippen molar-refractivity contribution in [1.82, 2.24) is 9.80 Å². The van der Waals surface area contributed by atoms with Crippen LogP contribution in [0.3, 0.4) is 0 Å². The van der Waals surface area contributed by atoms with Crippen LogP contribution in [-0.4, -0.2) is 78.3 Å². The van der Waals surface area contributed by atoms with E-state index in [9.17, 15) is 14.7 Å². The highest BCUT2D eigenvalue weighted by Crippen LogP contribution is 2.28. The van der Waals surface area contributed by atoms with Crippen LogP contribution in [0.2, 0.25) is 0 Å². The summed E-state index contributed by atoms with van der Waals surface area (Å²) in [5, 5.41) is 13.3. The molecular formula is C26H33N3O5. The van der Waals surface area contributed by atoms with Gasteiger partial charge in [-0.2, -0.15) is 0 Å². The maximum atomic E-state index is 13.1. The number of methoxy groups -OCH3 is 1. The molecule has 0 aromatic heterocycles. The molecule has 2 aliphatic rings. The lowest BCUT2D eigenvalue weighted by molar-refractivity contribution is -0.121. The van der Waals surface area contributed by atoms with E-state index in [0.29, 0.717) is 49.7 Å². The highest BCUT2D eigenvalue weighted by Gasteiger charge is 2.41. The first-order valence-corrected chi connectivity index (χ1v) is 11.9. The Morgan fingerprint density at radius 2 is 1.82 bits per heavy atom. The number of likely N-dealkylation sites (tertiary alicyclic amines) is 2. The Kier molecular flexibility index (Phi) is 7.70. The van der Waals surface area contributed by atoms with Crippen molar-refractivity contribution in [1.29, 1.82) is 0 Å². The number of ether oxygens (including phenoxy) is 2. The van der Waals surface area contributed by atoms with Gasteiger partial charge >= 0.3 is 0 Å². The van der Waals surface area contributed by atoms with E-state index >= 15 is 0 Å². The van der Waals surface area contributed by atoms with Gasteiger partial charge in [-0.15, -0.1) is 0 Å². The van der Waals surface area contributed by atoms with Gasteiger partial charge in [-0.05, 0) is 68.7 Å². The topological polar surface area (TPSA) is 91.3 Å². The number of hydrogen-bond acceptors (Lipinski definition) is 6. The molecule has 2 N–H and O–H groups in total. The van der Waals surface area contributed by atoms with Crippen molar-refractivity contribution >= 4 is 17.5 Å². The van der Waals surface area contributed by atoms with Crippen LogP contribution < -0.4 is 14.8 Å². The van der Waals surface area contributed by atoms with Crippen molar-refractivity contribution in [2.45, 2.75) is 44.4 Å². The maximum Gasteiger partial charge on any atom is 0.253 e. The van der Waals surface area contributed by atoms with Crippen molar-refractivity contribution in [2.24, 2.45) is 0 Å². The maximum absolute atomic E-state index is 13.1. The predicted molar refractivity (Wildman–Crippen MR) is 129 cm³/mol. The summed E-state index contributed by atoms with van der Waals surface area (Å²) < 4.78 is 10.7. The van der Waals surface area contributed by atoms with Crippen molar-refractivity contribution in [3.05, 3.63) is 54.1 Å². The minimum absolute atomic E-state index is 0.0106. The van der Waals surface area contributed by atoms with Gasteiger partial charge < -0.3 is 24.8 Å². The fourth-order valence-electron chi connectivity index (χ4n) is 4.87. The monoisotopic (exact) mass is 467 g/mol. The van der Waals surface area contributed by atoms with Gasteiger partial charge in [0.25, 0.3) is 5.91 Å². The number of rotatable bonds is 7. The fraction of sp³-hybridized carbons (Fsp3) is 0.462. The fourth-order valence-corrected chi connectivity index (χ4v) is 4.87. The number of carbonyl (C=O) groups is 2. The largest absolute Gasteiger partial charge is 0.497 e. The van der Waals surface area contributed by atoms with Gasteiger partial charge in [-0.1, -0.05) is 6.07 Å². The van der Waals surface area contributed by atoms with Crippen molar-refractivity contribution < 1.29 is 24.2 Å². The lowest BCUT2D eigenvalue weighted by Crippen LogP contribution is -2.51. The van der Waals surface area contributed by atoms with Crippen LogP contribution in [0.25, 0.3) is 0 Å². The van der Waals surface area contributed by atoms with E-state index in [1.807, 2.05) is 48.2 Å². The highest BCUT2D eigenvalue weighted by molar-refractivity contribution is 5.95. The number of amides is 2. The molecule has 0 spiro atoms. The Bertz CT molecular complexity index is 988. The summed E-state index contributed by atoms with van der Waals surface area (Å²) in [6, 6.07) is 14.2. The lowest BCUT2D eigenvalue weighted by atomic mass is 10.0. The van der Waals surface area contributed by atoms with Gasteiger partial charge in [0.15, 0.2) is 0 Å². The minimum Gasteiger partial charge on any atom is -0.497 e. The average Bonchev–Trinajstić information content (AvgIpc) is 3.27. The Labute approximate surface area is 200 Å². The quantitative estimate of drug-likeness (QED) is 0.651. The summed E-state index contributed by atoms with van der Waals surface area (Å²) in [7, 11) is 1.59. The second kappa shape index (κ2) is 10.9. The molecule has 2 heterocycles. The SMILES string of the molecule is CCOc1ccc(NC(=O)[C@@H]2C[C@@H](O)CN2C2CCN(C(=O)c3cccc(OC)c3)CC2)cc1. The first-order chi connectivity index (χ1) is 16.5. The van der Waals surface area contributed by atoms with Crippen LogP contribution in [0.15, 0.2) is 48.5 Å². The van der Waals surface area contributed by atoms with Gasteiger partial charge in [0.05, 0.1) is 25.9 Å². The molecule has 0 bridgehead atoms. The standard InChI is InChI=1S/C26H33N3O5/c1-3-34-22-9-7-19(8-10-22)27-25(31)24-16-21(30)17-29(24)20-11-13-28(14-12-20)26(32)18-5-4-6-23(15-18)33-2/h4-10,15,20-21,24,30H,3,11-14,16-17H2,1-2H3,(H,27,31)/t21-,24+/m1/s1. The van der Waals surface area contributed by atoms with Crippen molar-refractivity contribution in [3.8, 4) is 11.5 Å². The summed E-state index contributed by atoms with van der Waals surface area (Å²) >= 11 is 0. The Hall–Kier alpha value is -3.10. The second-order valence-electron chi connectivity index (χ2n) is 8.80. The summed E-state index contributed by atoms with van der Waals surface area (Å²) in [5.74, 6) is 1.29. The van der Waals surface area contributed by atoms with Crippen LogP contribution >= 0.6 is 0 Å². The number of nitrogens with one attached hydrogen (secondary N) is 1. The third-order valence-electron chi connectivity index (χ3n) is 6.59. The van der Waals surface area contributed by atoms with E-state index in [1.165, 1.54) is 0 Å². The van der Waals surface area contributed by atoms with E-state index in [0.717, 1.165) is 18.6 Å². The summed E-state index contributed by atoms with van der Waals surface area (Å²) in [6.07, 6.45) is 1.39. The van der Waals surface area contributed by atoms with Gasteiger partial charge in [0.1, 0.15) is 11.5 Å². The molecule has 0 unspecified atom stereocenters. The van der Waals surface area contributed by atoms with E-state index < -0.39 is 12.1 Å². The first kappa shape index (κ1) is 24.0. The third kappa shape index (κ3) is 5.51. The smallest absolute Gasteiger partial charge is 0.253 e. The summed E-state index contributed by atoms with van der Waals surface area (Å²) in [5.41, 5.74) is 1.32.